The summed E-state index contributed by atoms with van der Waals surface area (Å²) in [6, 6.07) is 7.20. The van der Waals surface area contributed by atoms with E-state index in [0.29, 0.717) is 19.1 Å². The molecule has 1 atom stereocenters. The van der Waals surface area contributed by atoms with E-state index in [1.54, 1.807) is 0 Å². The maximum atomic E-state index is 10.4. The van der Waals surface area contributed by atoms with Gasteiger partial charge in [-0.25, -0.2) is 0 Å². The van der Waals surface area contributed by atoms with Crippen molar-refractivity contribution >= 4 is 10.9 Å². The molecular formula is C19H28N2O. The van der Waals surface area contributed by atoms with Crippen molar-refractivity contribution in [1.82, 2.24) is 9.88 Å². The van der Waals surface area contributed by atoms with Crippen LogP contribution in [0.5, 0.6) is 0 Å². The number of benzene rings is 1. The van der Waals surface area contributed by atoms with Crippen molar-refractivity contribution in [3.8, 4) is 0 Å². The van der Waals surface area contributed by atoms with E-state index >= 15 is 0 Å². The molecule has 1 fully saturated rings. The van der Waals surface area contributed by atoms with E-state index in [1.807, 2.05) is 0 Å². The second-order valence-electron chi connectivity index (χ2n) is 6.89. The summed E-state index contributed by atoms with van der Waals surface area (Å²) in [5.41, 5.74) is 5.12. The molecule has 2 aromatic rings. The van der Waals surface area contributed by atoms with Crippen LogP contribution < -0.4 is 5.32 Å². The number of nitrogens with zero attached hydrogens (tertiary/aromatic N) is 1. The Labute approximate surface area is 133 Å². The Morgan fingerprint density at radius 1 is 1.23 bits per heavy atom. The van der Waals surface area contributed by atoms with Gasteiger partial charge in [0.15, 0.2) is 0 Å². The summed E-state index contributed by atoms with van der Waals surface area (Å²) in [4.78, 5) is 0. The molecule has 0 saturated heterocycles. The number of nitrogens with one attached hydrogen (secondary N) is 1. The molecule has 1 heterocycles. The number of aromatic nitrogens is 1. The van der Waals surface area contributed by atoms with E-state index in [-0.39, 0.29) is 6.10 Å². The maximum Gasteiger partial charge on any atom is 0.0843 e. The number of rotatable bonds is 5. The van der Waals surface area contributed by atoms with Crippen LogP contribution in [0.4, 0.5) is 0 Å². The highest BCUT2D eigenvalue weighted by molar-refractivity contribution is 5.85. The first-order valence-corrected chi connectivity index (χ1v) is 8.53. The molecule has 1 aromatic carbocycles. The Hall–Kier alpha value is -1.32. The number of aryl methyl sites for hydroxylation is 2. The molecule has 0 amide bonds. The van der Waals surface area contributed by atoms with Crippen LogP contribution in [-0.2, 0) is 6.54 Å². The second-order valence-corrected chi connectivity index (χ2v) is 6.89. The van der Waals surface area contributed by atoms with Crippen molar-refractivity contribution in [2.75, 3.05) is 6.54 Å². The van der Waals surface area contributed by atoms with Gasteiger partial charge in [-0.1, -0.05) is 24.5 Å². The molecule has 3 nitrogen and oxygen atoms in total. The third-order valence-electron chi connectivity index (χ3n) is 5.19. The number of hydrogen-bond acceptors (Lipinski definition) is 2. The van der Waals surface area contributed by atoms with Crippen LogP contribution in [0.15, 0.2) is 18.2 Å². The molecule has 1 saturated carbocycles. The standard InChI is InChI=1S/C19H28N2O/c1-13-8-9-19-18(10-13)14(2)15(3)21(19)12-17(22)11-20-16-6-4-5-7-16/h8-10,16-17,20,22H,4-7,11-12H2,1-3H3/t17-/m0/s1. The van der Waals surface area contributed by atoms with Crippen LogP contribution in [-0.4, -0.2) is 28.4 Å². The molecule has 0 unspecified atom stereocenters. The van der Waals surface area contributed by atoms with Gasteiger partial charge >= 0.3 is 0 Å². The number of hydrogen-bond donors (Lipinski definition) is 2. The molecule has 3 rings (SSSR count). The van der Waals surface area contributed by atoms with Crippen LogP contribution in [0.2, 0.25) is 0 Å². The van der Waals surface area contributed by atoms with Gasteiger partial charge in [-0.15, -0.1) is 0 Å². The second kappa shape index (κ2) is 6.43. The SMILES string of the molecule is Cc1ccc2c(c1)c(C)c(C)n2C[C@@H](O)CNC1CCCC1. The summed E-state index contributed by atoms with van der Waals surface area (Å²) in [6.45, 7) is 7.82. The Balaban J connectivity index is 1.73. The highest BCUT2D eigenvalue weighted by atomic mass is 16.3. The van der Waals surface area contributed by atoms with Crippen LogP contribution in [0.3, 0.4) is 0 Å². The molecule has 1 aliphatic carbocycles. The monoisotopic (exact) mass is 300 g/mol. The molecule has 2 N–H and O–H groups in total. The van der Waals surface area contributed by atoms with Crippen molar-refractivity contribution in [2.24, 2.45) is 0 Å². The molecule has 1 aromatic heterocycles. The zero-order valence-corrected chi connectivity index (χ0v) is 14.0. The fraction of sp³-hybridized carbons (Fsp3) is 0.579. The Bertz CT molecular complexity index is 653. The highest BCUT2D eigenvalue weighted by Gasteiger charge is 2.17. The normalized spacial score (nSPS) is 17.5. The average Bonchev–Trinajstić information content (AvgIpc) is 3.09. The quantitative estimate of drug-likeness (QED) is 0.887. The van der Waals surface area contributed by atoms with Crippen molar-refractivity contribution < 1.29 is 5.11 Å². The lowest BCUT2D eigenvalue weighted by molar-refractivity contribution is 0.148. The predicted octanol–water partition coefficient (Wildman–Crippen LogP) is 3.46. The largest absolute Gasteiger partial charge is 0.390 e. The number of fused-ring (bicyclic) bond motifs is 1. The third-order valence-corrected chi connectivity index (χ3v) is 5.19. The fourth-order valence-electron chi connectivity index (χ4n) is 3.71. The van der Waals surface area contributed by atoms with E-state index in [1.165, 1.54) is 53.4 Å². The minimum absolute atomic E-state index is 0.337. The lowest BCUT2D eigenvalue weighted by atomic mass is 10.1. The molecule has 3 heteroatoms. The zero-order valence-electron chi connectivity index (χ0n) is 14.0. The van der Waals surface area contributed by atoms with Crippen LogP contribution in [0.1, 0.15) is 42.5 Å². The van der Waals surface area contributed by atoms with E-state index in [4.69, 9.17) is 0 Å². The first-order valence-electron chi connectivity index (χ1n) is 8.53. The molecule has 1 aliphatic rings. The van der Waals surface area contributed by atoms with Gasteiger partial charge in [-0.2, -0.15) is 0 Å². The van der Waals surface area contributed by atoms with Gasteiger partial charge in [-0.05, 0) is 51.3 Å². The topological polar surface area (TPSA) is 37.2 Å². The van der Waals surface area contributed by atoms with Crippen LogP contribution in [0, 0.1) is 20.8 Å². The Morgan fingerprint density at radius 3 is 2.68 bits per heavy atom. The smallest absolute Gasteiger partial charge is 0.0843 e. The van der Waals surface area contributed by atoms with Gasteiger partial charge in [0.2, 0.25) is 0 Å². The van der Waals surface area contributed by atoms with Crippen LogP contribution >= 0.6 is 0 Å². The van der Waals surface area contributed by atoms with Gasteiger partial charge in [-0.3, -0.25) is 0 Å². The van der Waals surface area contributed by atoms with Crippen molar-refractivity contribution in [2.45, 2.75) is 65.1 Å². The van der Waals surface area contributed by atoms with Crippen LogP contribution in [0.25, 0.3) is 10.9 Å². The van der Waals surface area contributed by atoms with Gasteiger partial charge in [0.25, 0.3) is 0 Å². The molecule has 0 spiro atoms. The highest BCUT2D eigenvalue weighted by Crippen LogP contribution is 2.26. The fourth-order valence-corrected chi connectivity index (χ4v) is 3.71. The Morgan fingerprint density at radius 2 is 1.95 bits per heavy atom. The summed E-state index contributed by atoms with van der Waals surface area (Å²) in [5, 5.41) is 15.3. The molecule has 0 radical (unpaired) electrons. The Kier molecular flexibility index (Phi) is 4.55. The summed E-state index contributed by atoms with van der Waals surface area (Å²) in [5.74, 6) is 0. The molecule has 0 aliphatic heterocycles. The summed E-state index contributed by atoms with van der Waals surface area (Å²) < 4.78 is 2.27. The van der Waals surface area contributed by atoms with Crippen molar-refractivity contribution in [1.29, 1.82) is 0 Å². The van der Waals surface area contributed by atoms with E-state index < -0.39 is 0 Å². The predicted molar refractivity (Wildman–Crippen MR) is 92.4 cm³/mol. The molecule has 0 bridgehead atoms. The van der Waals surface area contributed by atoms with Gasteiger partial charge in [0.1, 0.15) is 0 Å². The summed E-state index contributed by atoms with van der Waals surface area (Å²) in [7, 11) is 0. The van der Waals surface area contributed by atoms with Gasteiger partial charge in [0, 0.05) is 29.2 Å². The minimum Gasteiger partial charge on any atom is -0.390 e. The summed E-state index contributed by atoms with van der Waals surface area (Å²) in [6.07, 6.45) is 4.84. The van der Waals surface area contributed by atoms with Crippen molar-refractivity contribution in [3.05, 3.63) is 35.0 Å². The number of aliphatic hydroxyl groups is 1. The first kappa shape index (κ1) is 15.6. The van der Waals surface area contributed by atoms with E-state index in [2.05, 4.69) is 48.9 Å². The lowest BCUT2D eigenvalue weighted by Gasteiger charge is -2.18. The van der Waals surface area contributed by atoms with E-state index in [0.717, 1.165) is 0 Å². The zero-order chi connectivity index (χ0) is 15.7. The van der Waals surface area contributed by atoms with E-state index in [9.17, 15) is 5.11 Å². The average molecular weight is 300 g/mol. The maximum absolute atomic E-state index is 10.4. The molecular weight excluding hydrogens is 272 g/mol. The summed E-state index contributed by atoms with van der Waals surface area (Å²) >= 11 is 0. The number of aliphatic hydroxyl groups excluding tert-OH is 1. The minimum atomic E-state index is -0.337. The third kappa shape index (κ3) is 3.06. The van der Waals surface area contributed by atoms with Gasteiger partial charge < -0.3 is 15.0 Å². The van der Waals surface area contributed by atoms with Crippen molar-refractivity contribution in [3.63, 3.8) is 0 Å². The van der Waals surface area contributed by atoms with Gasteiger partial charge in [0.05, 0.1) is 12.6 Å². The molecule has 22 heavy (non-hydrogen) atoms. The molecule has 120 valence electrons. The first-order chi connectivity index (χ1) is 10.6. The lowest BCUT2D eigenvalue weighted by Crippen LogP contribution is -2.36.